The minimum absolute atomic E-state index is 0.0288. The third kappa shape index (κ3) is 3.14. The van der Waals surface area contributed by atoms with E-state index in [4.69, 9.17) is 0 Å². The zero-order valence-electron chi connectivity index (χ0n) is 14.8. The summed E-state index contributed by atoms with van der Waals surface area (Å²) in [5.74, 6) is -0.361. The number of imidazole rings is 1. The number of fused-ring (bicyclic) bond motifs is 1. The van der Waals surface area contributed by atoms with Crippen molar-refractivity contribution in [3.05, 3.63) is 71.9 Å². The van der Waals surface area contributed by atoms with Crippen molar-refractivity contribution in [1.29, 1.82) is 0 Å². The number of amides is 1. The molecule has 6 nitrogen and oxygen atoms in total. The average Bonchev–Trinajstić information content (AvgIpc) is 3.21. The van der Waals surface area contributed by atoms with Crippen molar-refractivity contribution < 1.29 is 13.2 Å². The third-order valence-corrected chi connectivity index (χ3v) is 6.29. The Morgan fingerprint density at radius 1 is 1.07 bits per heavy atom. The van der Waals surface area contributed by atoms with Crippen LogP contribution in [0.15, 0.2) is 65.8 Å². The van der Waals surface area contributed by atoms with E-state index in [1.807, 2.05) is 67.6 Å². The highest BCUT2D eigenvalue weighted by Gasteiger charge is 2.35. The largest absolute Gasteiger partial charge is 0.344 e. The van der Waals surface area contributed by atoms with E-state index in [0.29, 0.717) is 17.0 Å². The Bertz CT molecular complexity index is 1090. The van der Waals surface area contributed by atoms with Crippen molar-refractivity contribution >= 4 is 15.7 Å². The van der Waals surface area contributed by atoms with E-state index in [0.717, 1.165) is 5.56 Å². The maximum absolute atomic E-state index is 13.1. The lowest BCUT2D eigenvalue weighted by atomic mass is 10.1. The van der Waals surface area contributed by atoms with Gasteiger partial charge in [0.1, 0.15) is 11.4 Å². The molecule has 0 saturated heterocycles. The van der Waals surface area contributed by atoms with Crippen LogP contribution in [0, 0.1) is 0 Å². The van der Waals surface area contributed by atoms with Crippen LogP contribution in [0.3, 0.4) is 0 Å². The second kappa shape index (κ2) is 6.66. The second-order valence-corrected chi connectivity index (χ2v) is 8.54. The van der Waals surface area contributed by atoms with Crippen molar-refractivity contribution in [1.82, 2.24) is 14.9 Å². The van der Waals surface area contributed by atoms with Crippen LogP contribution < -0.4 is 5.32 Å². The van der Waals surface area contributed by atoms with Crippen LogP contribution in [0.2, 0.25) is 0 Å². The molecule has 1 aliphatic heterocycles. The second-order valence-electron chi connectivity index (χ2n) is 6.53. The molecule has 4 rings (SSSR count). The molecule has 1 amide bonds. The molecule has 0 saturated carbocycles. The Morgan fingerprint density at radius 3 is 2.37 bits per heavy atom. The quantitative estimate of drug-likeness (QED) is 0.753. The maximum Gasteiger partial charge on any atom is 0.270 e. The molecule has 7 heteroatoms. The summed E-state index contributed by atoms with van der Waals surface area (Å²) in [6.45, 7) is 2.13. The van der Waals surface area contributed by atoms with E-state index in [9.17, 15) is 13.2 Å². The molecule has 0 bridgehead atoms. The fourth-order valence-electron chi connectivity index (χ4n) is 3.30. The summed E-state index contributed by atoms with van der Waals surface area (Å²) in [7, 11) is -3.46. The highest BCUT2D eigenvalue weighted by atomic mass is 32.2. The first-order valence-corrected chi connectivity index (χ1v) is 10.4. The number of hydrogen-bond donors (Lipinski definition) is 1. The number of carbonyl (C=O) groups is 1. The Hall–Kier alpha value is -2.93. The lowest BCUT2D eigenvalue weighted by Gasteiger charge is -2.15. The molecule has 1 N–H and O–H groups in total. The molecule has 1 aromatic heterocycles. The molecular weight excluding hydrogens is 362 g/mol. The van der Waals surface area contributed by atoms with Gasteiger partial charge in [-0.2, -0.15) is 0 Å². The van der Waals surface area contributed by atoms with Crippen LogP contribution in [-0.4, -0.2) is 29.6 Å². The summed E-state index contributed by atoms with van der Waals surface area (Å²) >= 11 is 0. The number of nitrogens with zero attached hydrogens (tertiary/aromatic N) is 2. The predicted octanol–water partition coefficient (Wildman–Crippen LogP) is 2.83. The van der Waals surface area contributed by atoms with Crippen LogP contribution in [0.1, 0.15) is 29.0 Å². The van der Waals surface area contributed by atoms with E-state index in [1.165, 1.54) is 4.57 Å². The number of aromatic nitrogens is 2. The third-order valence-electron chi connectivity index (χ3n) is 4.70. The summed E-state index contributed by atoms with van der Waals surface area (Å²) < 4.78 is 26.1. The number of carbonyl (C=O) groups excluding carboxylic acids is 1. The predicted molar refractivity (Wildman–Crippen MR) is 102 cm³/mol. The van der Waals surface area contributed by atoms with E-state index in [2.05, 4.69) is 10.3 Å². The summed E-state index contributed by atoms with van der Waals surface area (Å²) in [4.78, 5) is 17.4. The number of sulfone groups is 1. The first kappa shape index (κ1) is 17.5. The molecule has 0 fully saturated rings. The Balaban J connectivity index is 1.76. The fourth-order valence-corrected chi connectivity index (χ4v) is 4.65. The summed E-state index contributed by atoms with van der Waals surface area (Å²) in [6, 6.07) is 18.6. The fraction of sp³-hybridized carbons (Fsp3) is 0.200. The van der Waals surface area contributed by atoms with Gasteiger partial charge in [-0.25, -0.2) is 13.4 Å². The topological polar surface area (TPSA) is 81.1 Å². The molecule has 27 heavy (non-hydrogen) atoms. The van der Waals surface area contributed by atoms with Gasteiger partial charge in [0.05, 0.1) is 11.8 Å². The van der Waals surface area contributed by atoms with Crippen molar-refractivity contribution in [3.63, 3.8) is 0 Å². The molecule has 3 aromatic rings. The Morgan fingerprint density at radius 2 is 1.70 bits per heavy atom. The number of hydrogen-bond acceptors (Lipinski definition) is 4. The normalized spacial score (nSPS) is 15.9. The highest BCUT2D eigenvalue weighted by molar-refractivity contribution is 7.91. The van der Waals surface area contributed by atoms with Gasteiger partial charge in [-0.3, -0.25) is 4.79 Å². The summed E-state index contributed by atoms with van der Waals surface area (Å²) in [5, 5.41) is 2.94. The molecule has 0 unspecified atom stereocenters. The van der Waals surface area contributed by atoms with E-state index < -0.39 is 9.84 Å². The molecule has 0 spiro atoms. The van der Waals surface area contributed by atoms with Gasteiger partial charge in [0.25, 0.3) is 5.91 Å². The van der Waals surface area contributed by atoms with E-state index >= 15 is 0 Å². The van der Waals surface area contributed by atoms with Crippen LogP contribution in [-0.2, 0) is 16.4 Å². The Labute approximate surface area is 157 Å². The van der Waals surface area contributed by atoms with Crippen LogP contribution in [0.5, 0.6) is 0 Å². The van der Waals surface area contributed by atoms with Gasteiger partial charge in [0.15, 0.2) is 0 Å². The number of nitrogens with one attached hydrogen (secondary N) is 1. The minimum Gasteiger partial charge on any atom is -0.344 e. The number of benzene rings is 2. The molecule has 0 aliphatic carbocycles. The zero-order chi connectivity index (χ0) is 19.0. The van der Waals surface area contributed by atoms with Gasteiger partial charge < -0.3 is 9.88 Å². The summed E-state index contributed by atoms with van der Waals surface area (Å²) in [6.07, 6.45) is 0. The lowest BCUT2D eigenvalue weighted by molar-refractivity contribution is 0.0931. The minimum atomic E-state index is -3.46. The SMILES string of the molecule is C[C@@H](NC(=O)c1c(-c2ccccc2)nc2n1CCS2(=O)=O)c1ccccc1. The zero-order valence-corrected chi connectivity index (χ0v) is 15.6. The molecular formula is C20H19N3O3S. The van der Waals surface area contributed by atoms with Gasteiger partial charge >= 0.3 is 0 Å². The molecule has 2 aromatic carbocycles. The van der Waals surface area contributed by atoms with Gasteiger partial charge in [0.2, 0.25) is 15.0 Å². The highest BCUT2D eigenvalue weighted by Crippen LogP contribution is 2.30. The maximum atomic E-state index is 13.1. The Kier molecular flexibility index (Phi) is 4.31. The molecule has 1 atom stereocenters. The molecule has 2 heterocycles. The summed E-state index contributed by atoms with van der Waals surface area (Å²) in [5.41, 5.74) is 2.37. The van der Waals surface area contributed by atoms with Gasteiger partial charge in [0, 0.05) is 12.1 Å². The van der Waals surface area contributed by atoms with Crippen LogP contribution in [0.4, 0.5) is 0 Å². The molecule has 138 valence electrons. The average molecular weight is 381 g/mol. The van der Waals surface area contributed by atoms with Crippen molar-refractivity contribution in [2.45, 2.75) is 24.7 Å². The van der Waals surface area contributed by atoms with E-state index in [1.54, 1.807) is 0 Å². The van der Waals surface area contributed by atoms with Gasteiger partial charge in [-0.15, -0.1) is 0 Å². The van der Waals surface area contributed by atoms with Crippen molar-refractivity contribution in [2.24, 2.45) is 0 Å². The smallest absolute Gasteiger partial charge is 0.270 e. The van der Waals surface area contributed by atoms with Crippen LogP contribution >= 0.6 is 0 Å². The van der Waals surface area contributed by atoms with Crippen LogP contribution in [0.25, 0.3) is 11.3 Å². The molecule has 0 radical (unpaired) electrons. The number of rotatable bonds is 4. The van der Waals surface area contributed by atoms with Gasteiger partial charge in [-0.1, -0.05) is 60.7 Å². The standard InChI is InChI=1S/C20H19N3O3S/c1-14(15-8-4-2-5-9-15)21-19(24)18-17(16-10-6-3-7-11-16)22-20-23(18)12-13-27(20,25)26/h2-11,14H,12-13H2,1H3,(H,21,24)/t14-/m1/s1. The molecule has 1 aliphatic rings. The van der Waals surface area contributed by atoms with Crippen molar-refractivity contribution in [2.75, 3.05) is 5.75 Å². The lowest BCUT2D eigenvalue weighted by Crippen LogP contribution is -2.29. The van der Waals surface area contributed by atoms with E-state index in [-0.39, 0.29) is 29.4 Å². The first-order valence-electron chi connectivity index (χ1n) is 8.72. The first-order chi connectivity index (χ1) is 13.0. The monoisotopic (exact) mass is 381 g/mol. The van der Waals surface area contributed by atoms with Gasteiger partial charge in [-0.05, 0) is 12.5 Å². The van der Waals surface area contributed by atoms with Crippen molar-refractivity contribution in [3.8, 4) is 11.3 Å².